The number of aliphatic hydroxyl groups is 1. The number of carbonyl (C=O) groups excluding carboxylic acids is 1. The summed E-state index contributed by atoms with van der Waals surface area (Å²) in [5.41, 5.74) is -1.83. The molecule has 4 heteroatoms. The van der Waals surface area contributed by atoms with Crippen LogP contribution in [0.4, 0.5) is 4.39 Å². The van der Waals surface area contributed by atoms with Gasteiger partial charge in [0, 0.05) is 16.7 Å². The molecule has 4 aliphatic rings. The fraction of sp³-hybridized carbons (Fsp3) is 0.650. The van der Waals surface area contributed by atoms with Gasteiger partial charge in [0.15, 0.2) is 11.5 Å². The van der Waals surface area contributed by atoms with Crippen LogP contribution in [0.3, 0.4) is 0 Å². The van der Waals surface area contributed by atoms with E-state index in [0.717, 1.165) is 18.4 Å². The Morgan fingerprint density at radius 1 is 1.33 bits per heavy atom. The van der Waals surface area contributed by atoms with Crippen molar-refractivity contribution >= 4 is 17.5 Å². The van der Waals surface area contributed by atoms with Crippen molar-refractivity contribution in [1.29, 1.82) is 0 Å². The Morgan fingerprint density at radius 3 is 2.79 bits per heavy atom. The largest absolute Gasteiger partial charge is 0.390 e. The first-order valence-corrected chi connectivity index (χ1v) is 10.1. The van der Waals surface area contributed by atoms with Gasteiger partial charge in [-0.3, -0.25) is 4.79 Å². The molecule has 0 bridgehead atoms. The Morgan fingerprint density at radius 2 is 2.08 bits per heavy atom. The number of hydrogen-bond donors (Lipinski definition) is 1. The molecule has 0 radical (unpaired) electrons. The maximum atomic E-state index is 16.6. The van der Waals surface area contributed by atoms with Gasteiger partial charge < -0.3 is 5.11 Å². The van der Waals surface area contributed by atoms with E-state index in [2.05, 4.69) is 19.3 Å². The number of halogens is 1. The van der Waals surface area contributed by atoms with Crippen molar-refractivity contribution in [2.45, 2.75) is 51.3 Å². The summed E-state index contributed by atoms with van der Waals surface area (Å²) in [4.78, 5) is 13.1. The van der Waals surface area contributed by atoms with E-state index in [1.54, 1.807) is 23.9 Å². The van der Waals surface area contributed by atoms with Crippen LogP contribution < -0.4 is 0 Å². The molecular formula is C20H25FO2S. The second kappa shape index (κ2) is 5.07. The van der Waals surface area contributed by atoms with Gasteiger partial charge in [-0.15, -0.1) is 11.8 Å². The molecule has 0 aromatic carbocycles. The molecule has 0 spiro atoms. The van der Waals surface area contributed by atoms with E-state index < -0.39 is 17.2 Å². The van der Waals surface area contributed by atoms with Gasteiger partial charge in [0.05, 0.1) is 6.10 Å². The minimum absolute atomic E-state index is 0.0631. The highest BCUT2D eigenvalue weighted by atomic mass is 32.2. The maximum Gasteiger partial charge on any atom is 0.178 e. The van der Waals surface area contributed by atoms with Crippen LogP contribution in [-0.4, -0.2) is 28.9 Å². The zero-order valence-electron chi connectivity index (χ0n) is 14.5. The Labute approximate surface area is 147 Å². The highest BCUT2D eigenvalue weighted by Crippen LogP contribution is 2.68. The molecule has 2 nitrogen and oxygen atoms in total. The molecule has 1 N–H and O–H groups in total. The van der Waals surface area contributed by atoms with Crippen LogP contribution in [0.5, 0.6) is 0 Å². The Hall–Kier alpha value is -0.870. The van der Waals surface area contributed by atoms with Crippen molar-refractivity contribution in [3.05, 3.63) is 34.8 Å². The number of allylic oxidation sites excluding steroid dienone is 6. The molecule has 4 rings (SSSR count). The van der Waals surface area contributed by atoms with Gasteiger partial charge in [0.2, 0.25) is 0 Å². The SMILES string of the molecule is CSC1=CC[C@H]2[C@@H]3CCC4=CC(=O)C=C[C@]4(C)C3(F)[C@@H](O)C[C@]12C. The first-order chi connectivity index (χ1) is 11.3. The van der Waals surface area contributed by atoms with Crippen molar-refractivity contribution in [2.24, 2.45) is 22.7 Å². The number of rotatable bonds is 1. The average molecular weight is 348 g/mol. The lowest BCUT2D eigenvalue weighted by Gasteiger charge is -2.61. The van der Waals surface area contributed by atoms with Gasteiger partial charge in [0.25, 0.3) is 0 Å². The van der Waals surface area contributed by atoms with Crippen molar-refractivity contribution in [3.63, 3.8) is 0 Å². The highest BCUT2D eigenvalue weighted by molar-refractivity contribution is 8.02. The van der Waals surface area contributed by atoms with E-state index in [9.17, 15) is 9.90 Å². The molecular weight excluding hydrogens is 323 g/mol. The van der Waals surface area contributed by atoms with Crippen LogP contribution in [0.15, 0.2) is 34.8 Å². The first kappa shape index (κ1) is 16.6. The number of thioether (sulfide) groups is 1. The zero-order valence-corrected chi connectivity index (χ0v) is 15.3. The predicted octanol–water partition coefficient (Wildman–Crippen LogP) is 4.21. The summed E-state index contributed by atoms with van der Waals surface area (Å²) < 4.78 is 16.6. The Balaban J connectivity index is 1.81. The summed E-state index contributed by atoms with van der Waals surface area (Å²) in [6, 6.07) is 0. The second-order valence-corrected chi connectivity index (χ2v) is 9.12. The van der Waals surface area contributed by atoms with E-state index >= 15 is 4.39 Å². The molecule has 24 heavy (non-hydrogen) atoms. The number of hydrogen-bond acceptors (Lipinski definition) is 3. The number of alkyl halides is 1. The van der Waals surface area contributed by atoms with Crippen LogP contribution in [0, 0.1) is 22.7 Å². The van der Waals surface area contributed by atoms with Gasteiger partial charge in [-0.2, -0.15) is 0 Å². The van der Waals surface area contributed by atoms with Gasteiger partial charge in [-0.1, -0.05) is 24.6 Å². The first-order valence-electron chi connectivity index (χ1n) is 8.83. The van der Waals surface area contributed by atoms with Crippen LogP contribution >= 0.6 is 11.8 Å². The second-order valence-electron chi connectivity index (χ2n) is 8.27. The van der Waals surface area contributed by atoms with Crippen molar-refractivity contribution in [2.75, 3.05) is 6.26 Å². The molecule has 2 saturated carbocycles. The fourth-order valence-electron chi connectivity index (χ4n) is 6.06. The molecule has 4 aliphatic carbocycles. The van der Waals surface area contributed by atoms with E-state index in [1.807, 2.05) is 6.92 Å². The molecule has 0 aromatic rings. The quantitative estimate of drug-likeness (QED) is 0.771. The molecule has 0 heterocycles. The molecule has 0 amide bonds. The third kappa shape index (κ3) is 1.79. The normalized spacial score (nSPS) is 49.9. The summed E-state index contributed by atoms with van der Waals surface area (Å²) in [5, 5.41) is 11.0. The lowest BCUT2D eigenvalue weighted by Crippen LogP contribution is -2.66. The van der Waals surface area contributed by atoms with Crippen molar-refractivity contribution in [1.82, 2.24) is 0 Å². The Bertz CT molecular complexity index is 696. The summed E-state index contributed by atoms with van der Waals surface area (Å²) in [5.74, 6) is -0.00299. The minimum atomic E-state index is -1.69. The minimum Gasteiger partial charge on any atom is -0.390 e. The van der Waals surface area contributed by atoms with Crippen molar-refractivity contribution < 1.29 is 14.3 Å². The van der Waals surface area contributed by atoms with E-state index in [0.29, 0.717) is 12.8 Å². The fourth-order valence-corrected chi connectivity index (χ4v) is 7.03. The number of ketones is 1. The van der Waals surface area contributed by atoms with Crippen LogP contribution in [0.25, 0.3) is 0 Å². The molecule has 0 aliphatic heterocycles. The van der Waals surface area contributed by atoms with Gasteiger partial charge in [-0.05, 0) is 61.8 Å². The number of fused-ring (bicyclic) bond motifs is 5. The Kier molecular flexibility index (Phi) is 3.51. The average Bonchev–Trinajstić information content (AvgIpc) is 2.86. The molecule has 6 atom stereocenters. The van der Waals surface area contributed by atoms with Crippen LogP contribution in [-0.2, 0) is 4.79 Å². The van der Waals surface area contributed by atoms with Crippen LogP contribution in [0.1, 0.15) is 39.5 Å². The summed E-state index contributed by atoms with van der Waals surface area (Å²) in [6.45, 7) is 4.07. The van der Waals surface area contributed by atoms with Gasteiger partial charge in [-0.25, -0.2) is 4.39 Å². The zero-order chi connectivity index (χ0) is 17.3. The predicted molar refractivity (Wildman–Crippen MR) is 95.3 cm³/mol. The lowest BCUT2D eigenvalue weighted by molar-refractivity contribution is -0.184. The monoisotopic (exact) mass is 348 g/mol. The van der Waals surface area contributed by atoms with Gasteiger partial charge in [0.1, 0.15) is 0 Å². The molecule has 0 aromatic heterocycles. The summed E-state index contributed by atoms with van der Waals surface area (Å²) in [7, 11) is 0. The topological polar surface area (TPSA) is 37.3 Å². The van der Waals surface area contributed by atoms with Crippen LogP contribution in [0.2, 0.25) is 0 Å². The standard InChI is InChI=1S/C20H25FO2S/c1-18-11-16(23)20(21)15(14(18)6-7-17(18)24-3)5-4-12-10-13(22)8-9-19(12,20)2/h7-10,14-16,23H,4-6,11H2,1-3H3/t14-,15-,16-,18-,19-,20?/m0/s1. The van der Waals surface area contributed by atoms with E-state index in [4.69, 9.17) is 0 Å². The lowest BCUT2D eigenvalue weighted by atomic mass is 9.46. The van der Waals surface area contributed by atoms with E-state index in [-0.39, 0.29) is 23.0 Å². The highest BCUT2D eigenvalue weighted by Gasteiger charge is 2.69. The third-order valence-corrected chi connectivity index (χ3v) is 8.44. The van der Waals surface area contributed by atoms with Gasteiger partial charge >= 0.3 is 0 Å². The number of carbonyl (C=O) groups is 1. The smallest absolute Gasteiger partial charge is 0.178 e. The third-order valence-electron chi connectivity index (χ3n) is 7.37. The summed E-state index contributed by atoms with van der Waals surface area (Å²) >= 11 is 1.74. The number of aliphatic hydroxyl groups excluding tert-OH is 1. The molecule has 0 saturated heterocycles. The molecule has 1 unspecified atom stereocenters. The molecule has 2 fully saturated rings. The molecule has 130 valence electrons. The maximum absolute atomic E-state index is 16.6. The van der Waals surface area contributed by atoms with E-state index in [1.165, 1.54) is 11.0 Å². The van der Waals surface area contributed by atoms with Crippen molar-refractivity contribution in [3.8, 4) is 0 Å². The summed E-state index contributed by atoms with van der Waals surface area (Å²) in [6.07, 6.45) is 10.9.